The Morgan fingerprint density at radius 2 is 2.50 bits per heavy atom. The van der Waals surface area contributed by atoms with Crippen molar-refractivity contribution in [2.45, 2.75) is 31.8 Å². The molecule has 0 aromatic carbocycles. The third-order valence-electron chi connectivity index (χ3n) is 3.15. The lowest BCUT2D eigenvalue weighted by atomic mass is 10.00. The van der Waals surface area contributed by atoms with Crippen molar-refractivity contribution < 1.29 is 9.53 Å². The Bertz CT molecular complexity index is 214. The molecular weight excluding hydrogens is 180 g/mol. The molecule has 14 heavy (non-hydrogen) atoms. The summed E-state index contributed by atoms with van der Waals surface area (Å²) in [6.45, 7) is 4.71. The molecule has 0 aromatic heterocycles. The second-order valence-electron chi connectivity index (χ2n) is 4.28. The van der Waals surface area contributed by atoms with E-state index in [9.17, 15) is 4.79 Å². The van der Waals surface area contributed by atoms with Crippen LogP contribution in [0.2, 0.25) is 0 Å². The Morgan fingerprint density at radius 1 is 1.64 bits per heavy atom. The van der Waals surface area contributed by atoms with Gasteiger partial charge in [0.05, 0.1) is 6.61 Å². The molecule has 2 aliphatic heterocycles. The SMILES string of the molecule is CC(NC1CNC(=O)C1)C1CCOC1. The Hall–Kier alpha value is -0.610. The highest BCUT2D eigenvalue weighted by molar-refractivity contribution is 5.78. The third-order valence-corrected chi connectivity index (χ3v) is 3.15. The standard InChI is InChI=1S/C10H18N2O2/c1-7(8-2-3-14-6-8)12-9-4-10(13)11-5-9/h7-9,12H,2-6H2,1H3,(H,11,13). The molecule has 2 aliphatic rings. The Morgan fingerprint density at radius 3 is 3.07 bits per heavy atom. The van der Waals surface area contributed by atoms with Crippen molar-refractivity contribution in [3.05, 3.63) is 0 Å². The predicted octanol–water partition coefficient (Wildman–Crippen LogP) is -0.111. The summed E-state index contributed by atoms with van der Waals surface area (Å²) in [4.78, 5) is 11.0. The van der Waals surface area contributed by atoms with Crippen LogP contribution in [0, 0.1) is 5.92 Å². The van der Waals surface area contributed by atoms with E-state index in [4.69, 9.17) is 4.74 Å². The van der Waals surface area contributed by atoms with Crippen molar-refractivity contribution in [1.82, 2.24) is 10.6 Å². The zero-order valence-electron chi connectivity index (χ0n) is 8.58. The van der Waals surface area contributed by atoms with E-state index < -0.39 is 0 Å². The van der Waals surface area contributed by atoms with Crippen molar-refractivity contribution in [3.8, 4) is 0 Å². The van der Waals surface area contributed by atoms with Crippen LogP contribution in [-0.4, -0.2) is 37.7 Å². The Kier molecular flexibility index (Phi) is 3.03. The van der Waals surface area contributed by atoms with E-state index in [0.29, 0.717) is 24.4 Å². The maximum Gasteiger partial charge on any atom is 0.221 e. The van der Waals surface area contributed by atoms with Crippen LogP contribution in [0.3, 0.4) is 0 Å². The van der Waals surface area contributed by atoms with Gasteiger partial charge in [-0.1, -0.05) is 0 Å². The van der Waals surface area contributed by atoms with E-state index in [-0.39, 0.29) is 5.91 Å². The number of ether oxygens (including phenoxy) is 1. The lowest BCUT2D eigenvalue weighted by Crippen LogP contribution is -2.42. The van der Waals surface area contributed by atoms with Crippen LogP contribution >= 0.6 is 0 Å². The zero-order valence-corrected chi connectivity index (χ0v) is 8.58. The fourth-order valence-electron chi connectivity index (χ4n) is 2.18. The van der Waals surface area contributed by atoms with Gasteiger partial charge in [-0.15, -0.1) is 0 Å². The van der Waals surface area contributed by atoms with Crippen LogP contribution in [0.15, 0.2) is 0 Å². The van der Waals surface area contributed by atoms with Gasteiger partial charge in [-0.25, -0.2) is 0 Å². The maximum atomic E-state index is 11.0. The largest absolute Gasteiger partial charge is 0.381 e. The van der Waals surface area contributed by atoms with Crippen molar-refractivity contribution in [2.24, 2.45) is 5.92 Å². The molecule has 4 heteroatoms. The molecule has 2 fully saturated rings. The van der Waals surface area contributed by atoms with Gasteiger partial charge in [-0.05, 0) is 19.3 Å². The van der Waals surface area contributed by atoms with Gasteiger partial charge in [0.25, 0.3) is 0 Å². The van der Waals surface area contributed by atoms with E-state index in [1.54, 1.807) is 0 Å². The van der Waals surface area contributed by atoms with E-state index in [1.807, 2.05) is 0 Å². The van der Waals surface area contributed by atoms with Gasteiger partial charge in [0.15, 0.2) is 0 Å². The van der Waals surface area contributed by atoms with E-state index in [2.05, 4.69) is 17.6 Å². The summed E-state index contributed by atoms with van der Waals surface area (Å²) in [6.07, 6.45) is 1.76. The molecule has 3 atom stereocenters. The normalized spacial score (nSPS) is 34.5. The fourth-order valence-corrected chi connectivity index (χ4v) is 2.18. The molecule has 0 aromatic rings. The molecule has 0 aliphatic carbocycles. The number of nitrogens with one attached hydrogen (secondary N) is 2. The summed E-state index contributed by atoms with van der Waals surface area (Å²) < 4.78 is 5.34. The van der Waals surface area contributed by atoms with Crippen molar-refractivity contribution in [2.75, 3.05) is 19.8 Å². The molecular formula is C10H18N2O2. The summed E-state index contributed by atoms with van der Waals surface area (Å²) >= 11 is 0. The summed E-state index contributed by atoms with van der Waals surface area (Å²) in [5, 5.41) is 6.32. The molecule has 0 saturated carbocycles. The molecule has 2 rings (SSSR count). The summed E-state index contributed by atoms with van der Waals surface area (Å²) in [7, 11) is 0. The first-order valence-electron chi connectivity index (χ1n) is 5.36. The maximum absolute atomic E-state index is 11.0. The average molecular weight is 198 g/mol. The molecule has 1 amide bonds. The van der Waals surface area contributed by atoms with Crippen molar-refractivity contribution in [3.63, 3.8) is 0 Å². The minimum absolute atomic E-state index is 0.164. The summed E-state index contributed by atoms with van der Waals surface area (Å²) in [5.41, 5.74) is 0. The van der Waals surface area contributed by atoms with Gasteiger partial charge in [0.2, 0.25) is 5.91 Å². The summed E-state index contributed by atoms with van der Waals surface area (Å²) in [5.74, 6) is 0.781. The van der Waals surface area contributed by atoms with Gasteiger partial charge in [0.1, 0.15) is 0 Å². The lowest BCUT2D eigenvalue weighted by molar-refractivity contribution is -0.119. The van der Waals surface area contributed by atoms with E-state index >= 15 is 0 Å². The van der Waals surface area contributed by atoms with Gasteiger partial charge in [-0.2, -0.15) is 0 Å². The van der Waals surface area contributed by atoms with Crippen molar-refractivity contribution in [1.29, 1.82) is 0 Å². The first kappa shape index (κ1) is 9.93. The topological polar surface area (TPSA) is 50.4 Å². The number of hydrogen-bond acceptors (Lipinski definition) is 3. The zero-order chi connectivity index (χ0) is 9.97. The van der Waals surface area contributed by atoms with E-state index in [0.717, 1.165) is 26.2 Å². The molecule has 0 spiro atoms. The van der Waals surface area contributed by atoms with Gasteiger partial charge in [-0.3, -0.25) is 4.79 Å². The second kappa shape index (κ2) is 4.28. The van der Waals surface area contributed by atoms with Gasteiger partial charge in [0, 0.05) is 31.7 Å². The second-order valence-corrected chi connectivity index (χ2v) is 4.28. The molecule has 0 bridgehead atoms. The molecule has 2 heterocycles. The fraction of sp³-hybridized carbons (Fsp3) is 0.900. The number of carbonyl (C=O) groups excluding carboxylic acids is 1. The van der Waals surface area contributed by atoms with Crippen LogP contribution in [0.1, 0.15) is 19.8 Å². The number of amides is 1. The number of rotatable bonds is 3. The predicted molar refractivity (Wildman–Crippen MR) is 52.9 cm³/mol. The Labute approximate surface area is 84.4 Å². The van der Waals surface area contributed by atoms with Gasteiger partial charge < -0.3 is 15.4 Å². The smallest absolute Gasteiger partial charge is 0.221 e. The average Bonchev–Trinajstić information content (AvgIpc) is 2.75. The Balaban J connectivity index is 1.76. The monoisotopic (exact) mass is 198 g/mol. The lowest BCUT2D eigenvalue weighted by Gasteiger charge is -2.22. The highest BCUT2D eigenvalue weighted by Gasteiger charge is 2.27. The number of carbonyl (C=O) groups is 1. The molecule has 80 valence electrons. The van der Waals surface area contributed by atoms with Gasteiger partial charge >= 0.3 is 0 Å². The van der Waals surface area contributed by atoms with E-state index in [1.165, 1.54) is 0 Å². The molecule has 3 unspecified atom stereocenters. The van der Waals surface area contributed by atoms with Crippen LogP contribution in [0.5, 0.6) is 0 Å². The molecule has 2 saturated heterocycles. The van der Waals surface area contributed by atoms with Crippen LogP contribution in [-0.2, 0) is 9.53 Å². The highest BCUT2D eigenvalue weighted by atomic mass is 16.5. The first-order valence-corrected chi connectivity index (χ1v) is 5.36. The van der Waals surface area contributed by atoms with Crippen LogP contribution in [0.25, 0.3) is 0 Å². The van der Waals surface area contributed by atoms with Crippen molar-refractivity contribution >= 4 is 5.91 Å². The summed E-state index contributed by atoms with van der Waals surface area (Å²) in [6, 6.07) is 0.772. The first-order chi connectivity index (χ1) is 6.75. The molecule has 4 nitrogen and oxygen atoms in total. The molecule has 2 N–H and O–H groups in total. The van der Waals surface area contributed by atoms with Crippen LogP contribution in [0.4, 0.5) is 0 Å². The third kappa shape index (κ3) is 2.25. The highest BCUT2D eigenvalue weighted by Crippen LogP contribution is 2.17. The quantitative estimate of drug-likeness (QED) is 0.665. The number of hydrogen-bond donors (Lipinski definition) is 2. The minimum atomic E-state index is 0.164. The molecule has 0 radical (unpaired) electrons. The van der Waals surface area contributed by atoms with Crippen LogP contribution < -0.4 is 10.6 Å². The minimum Gasteiger partial charge on any atom is -0.381 e.